The molecule has 8 heteroatoms. The molecule has 0 heterocycles. The lowest BCUT2D eigenvalue weighted by Gasteiger charge is -2.22. The normalized spacial score (nSPS) is 14.2. The Balaban J connectivity index is 3.97. The van der Waals surface area contributed by atoms with Crippen molar-refractivity contribution >= 4 is 6.09 Å². The molecule has 0 saturated heterocycles. The van der Waals surface area contributed by atoms with Crippen LogP contribution in [0.5, 0.6) is 0 Å². The fourth-order valence-corrected chi connectivity index (χ4v) is 1.02. The summed E-state index contributed by atoms with van der Waals surface area (Å²) in [7, 11) is 0. The number of amides is 1. The number of ether oxygens (including phenoxy) is 1. The van der Waals surface area contributed by atoms with Crippen LogP contribution in [-0.4, -0.2) is 43.5 Å². The van der Waals surface area contributed by atoms with Crippen LogP contribution in [0.25, 0.3) is 0 Å². The van der Waals surface area contributed by atoms with Crippen molar-refractivity contribution in [3.05, 3.63) is 0 Å². The number of hydrogen-bond acceptors (Lipinski definition) is 4. The molecule has 4 N–H and O–H groups in total. The molecule has 0 aliphatic carbocycles. The Morgan fingerprint density at radius 1 is 1.33 bits per heavy atom. The lowest BCUT2D eigenvalue weighted by Crippen LogP contribution is -2.48. The Hall–Kier alpha value is -1.02. The van der Waals surface area contributed by atoms with Crippen LogP contribution in [0, 0.1) is 0 Å². The molecule has 0 aromatic heterocycles. The third kappa shape index (κ3) is 10.2. The molecule has 5 nitrogen and oxygen atoms in total. The van der Waals surface area contributed by atoms with Crippen molar-refractivity contribution in [3.63, 3.8) is 0 Å². The van der Waals surface area contributed by atoms with Crippen LogP contribution >= 0.6 is 0 Å². The molecule has 0 aliphatic heterocycles. The maximum Gasteiger partial charge on any atom is 0.407 e. The molecule has 18 heavy (non-hydrogen) atoms. The molecule has 0 aliphatic rings. The molecule has 1 amide bonds. The van der Waals surface area contributed by atoms with Crippen LogP contribution in [0.1, 0.15) is 20.8 Å². The van der Waals surface area contributed by atoms with Crippen molar-refractivity contribution in [3.8, 4) is 0 Å². The van der Waals surface area contributed by atoms with Gasteiger partial charge in [-0.15, -0.1) is 0 Å². The summed E-state index contributed by atoms with van der Waals surface area (Å²) in [6.07, 6.45) is -4.99. The van der Waals surface area contributed by atoms with E-state index >= 15 is 0 Å². The van der Waals surface area contributed by atoms with Gasteiger partial charge < -0.3 is 21.1 Å². The summed E-state index contributed by atoms with van der Waals surface area (Å²) < 4.78 is 40.8. The Morgan fingerprint density at radius 3 is 2.28 bits per heavy atom. The van der Waals surface area contributed by atoms with E-state index in [1.807, 2.05) is 0 Å². The third-order valence-corrected chi connectivity index (χ3v) is 1.77. The van der Waals surface area contributed by atoms with Crippen LogP contribution in [0.3, 0.4) is 0 Å². The highest BCUT2D eigenvalue weighted by Gasteiger charge is 2.28. The summed E-state index contributed by atoms with van der Waals surface area (Å²) in [5.41, 5.74) is 4.64. The molecular formula is C10H20F3N3O2. The maximum absolute atomic E-state index is 12.0. The van der Waals surface area contributed by atoms with Crippen molar-refractivity contribution in [2.45, 2.75) is 38.6 Å². The largest absolute Gasteiger partial charge is 0.444 e. The van der Waals surface area contributed by atoms with Gasteiger partial charge in [-0.2, -0.15) is 13.2 Å². The highest BCUT2D eigenvalue weighted by atomic mass is 19.4. The van der Waals surface area contributed by atoms with E-state index in [4.69, 9.17) is 10.5 Å². The zero-order valence-electron chi connectivity index (χ0n) is 10.7. The van der Waals surface area contributed by atoms with Crippen molar-refractivity contribution in [1.82, 2.24) is 10.6 Å². The van der Waals surface area contributed by atoms with Gasteiger partial charge in [0.2, 0.25) is 0 Å². The van der Waals surface area contributed by atoms with Gasteiger partial charge in [0, 0.05) is 19.1 Å². The fraction of sp³-hybridized carbons (Fsp3) is 0.900. The Morgan fingerprint density at radius 2 is 1.89 bits per heavy atom. The Bertz CT molecular complexity index is 264. The minimum absolute atomic E-state index is 0.0219. The molecule has 0 saturated carbocycles. The zero-order chi connectivity index (χ0) is 14.4. The summed E-state index contributed by atoms with van der Waals surface area (Å²) in [6, 6.07) is -0.654. The summed E-state index contributed by atoms with van der Waals surface area (Å²) in [4.78, 5) is 11.3. The molecule has 1 unspecified atom stereocenters. The first-order valence-electron chi connectivity index (χ1n) is 5.50. The molecule has 0 aromatic rings. The highest BCUT2D eigenvalue weighted by molar-refractivity contribution is 5.67. The predicted octanol–water partition coefficient (Wildman–Crippen LogP) is 0.990. The fourth-order valence-electron chi connectivity index (χ4n) is 1.02. The SMILES string of the molecule is CC(C)(C)OC(=O)NCC(CN)NCC(F)(F)F. The van der Waals surface area contributed by atoms with E-state index in [9.17, 15) is 18.0 Å². The molecular weight excluding hydrogens is 251 g/mol. The summed E-state index contributed by atoms with van der Waals surface area (Å²) in [6.45, 7) is 3.87. The van der Waals surface area contributed by atoms with E-state index in [0.717, 1.165) is 0 Å². The monoisotopic (exact) mass is 271 g/mol. The van der Waals surface area contributed by atoms with Gasteiger partial charge in [0.25, 0.3) is 0 Å². The smallest absolute Gasteiger partial charge is 0.407 e. The van der Waals surface area contributed by atoms with Gasteiger partial charge in [0.05, 0.1) is 6.54 Å². The average Bonchev–Trinajstić information content (AvgIpc) is 2.13. The quantitative estimate of drug-likeness (QED) is 0.697. The number of halogens is 3. The van der Waals surface area contributed by atoms with Crippen LogP contribution in [0.2, 0.25) is 0 Å². The first-order valence-corrected chi connectivity index (χ1v) is 5.50. The predicted molar refractivity (Wildman–Crippen MR) is 61.1 cm³/mol. The second-order valence-electron chi connectivity index (χ2n) is 4.81. The van der Waals surface area contributed by atoms with Crippen LogP contribution in [-0.2, 0) is 4.74 Å². The molecule has 0 bridgehead atoms. The van der Waals surface area contributed by atoms with Crippen molar-refractivity contribution in [1.29, 1.82) is 0 Å². The number of hydrogen-bond donors (Lipinski definition) is 3. The van der Waals surface area contributed by atoms with E-state index in [2.05, 4.69) is 10.6 Å². The van der Waals surface area contributed by atoms with Gasteiger partial charge in [-0.05, 0) is 20.8 Å². The lowest BCUT2D eigenvalue weighted by molar-refractivity contribution is -0.126. The van der Waals surface area contributed by atoms with Crippen LogP contribution in [0.15, 0.2) is 0 Å². The van der Waals surface area contributed by atoms with Gasteiger partial charge in [0.1, 0.15) is 5.60 Å². The van der Waals surface area contributed by atoms with Crippen molar-refractivity contribution in [2.24, 2.45) is 5.73 Å². The average molecular weight is 271 g/mol. The standard InChI is InChI=1S/C10H20F3N3O2/c1-9(2,3)18-8(17)15-5-7(4-14)16-6-10(11,12)13/h7,16H,4-6,14H2,1-3H3,(H,15,17). The van der Waals surface area contributed by atoms with Crippen LogP contribution < -0.4 is 16.4 Å². The molecule has 0 spiro atoms. The van der Waals surface area contributed by atoms with Crippen LogP contribution in [0.4, 0.5) is 18.0 Å². The molecule has 0 aromatic carbocycles. The highest BCUT2D eigenvalue weighted by Crippen LogP contribution is 2.12. The second-order valence-corrected chi connectivity index (χ2v) is 4.81. The van der Waals surface area contributed by atoms with Crippen molar-refractivity contribution < 1.29 is 22.7 Å². The Labute approximate surface area is 104 Å². The van der Waals surface area contributed by atoms with E-state index < -0.39 is 30.5 Å². The summed E-state index contributed by atoms with van der Waals surface area (Å²) in [5, 5.41) is 4.56. The van der Waals surface area contributed by atoms with E-state index in [0.29, 0.717) is 0 Å². The number of carbonyl (C=O) groups is 1. The van der Waals surface area contributed by atoms with Gasteiger partial charge in [-0.3, -0.25) is 0 Å². The van der Waals surface area contributed by atoms with E-state index in [1.54, 1.807) is 20.8 Å². The minimum Gasteiger partial charge on any atom is -0.444 e. The van der Waals surface area contributed by atoms with E-state index in [-0.39, 0.29) is 13.1 Å². The maximum atomic E-state index is 12.0. The van der Waals surface area contributed by atoms with Gasteiger partial charge >= 0.3 is 12.3 Å². The summed E-state index contributed by atoms with van der Waals surface area (Å²) >= 11 is 0. The first kappa shape index (κ1) is 17.0. The number of carbonyl (C=O) groups excluding carboxylic acids is 1. The molecule has 0 rings (SSSR count). The molecule has 1 atom stereocenters. The number of alkyl carbamates (subject to hydrolysis) is 1. The number of alkyl halides is 3. The van der Waals surface area contributed by atoms with Gasteiger partial charge in [0.15, 0.2) is 0 Å². The first-order chi connectivity index (χ1) is 8.03. The lowest BCUT2D eigenvalue weighted by atomic mass is 10.2. The zero-order valence-corrected chi connectivity index (χ0v) is 10.7. The molecule has 0 radical (unpaired) electrons. The summed E-state index contributed by atoms with van der Waals surface area (Å²) in [5.74, 6) is 0. The second kappa shape index (κ2) is 6.79. The number of nitrogens with one attached hydrogen (secondary N) is 2. The minimum atomic E-state index is -4.31. The van der Waals surface area contributed by atoms with Gasteiger partial charge in [-0.25, -0.2) is 4.79 Å². The molecule has 108 valence electrons. The topological polar surface area (TPSA) is 76.4 Å². The Kier molecular flexibility index (Phi) is 6.41. The van der Waals surface area contributed by atoms with Crippen molar-refractivity contribution in [2.75, 3.05) is 19.6 Å². The number of nitrogens with two attached hydrogens (primary N) is 1. The number of rotatable bonds is 5. The van der Waals surface area contributed by atoms with E-state index in [1.165, 1.54) is 0 Å². The van der Waals surface area contributed by atoms with Gasteiger partial charge in [-0.1, -0.05) is 0 Å². The third-order valence-electron chi connectivity index (χ3n) is 1.77. The molecule has 0 fully saturated rings.